The van der Waals surface area contributed by atoms with Crippen molar-refractivity contribution >= 4 is 21.6 Å². The quantitative estimate of drug-likeness (QED) is 0.503. The predicted octanol–water partition coefficient (Wildman–Crippen LogP) is 3.87. The minimum atomic E-state index is -4.45. The molecule has 0 atom stereocenters. The molecule has 0 bridgehead atoms. The fourth-order valence-corrected chi connectivity index (χ4v) is 6.75. The average Bonchev–Trinajstić information content (AvgIpc) is 2.89. The number of hydrogen-bond donors (Lipinski definition) is 2. The normalized spacial score (nSPS) is 19.9. The molecule has 1 aliphatic heterocycles. The second kappa shape index (κ2) is 9.90. The number of alkyl halides is 3. The van der Waals surface area contributed by atoms with E-state index >= 15 is 0 Å². The van der Waals surface area contributed by atoms with Gasteiger partial charge in [0, 0.05) is 31.4 Å². The van der Waals surface area contributed by atoms with Gasteiger partial charge < -0.3 is 15.2 Å². The van der Waals surface area contributed by atoms with E-state index in [0.717, 1.165) is 12.3 Å². The first kappa shape index (κ1) is 26.0. The van der Waals surface area contributed by atoms with Gasteiger partial charge in [0.2, 0.25) is 0 Å². The summed E-state index contributed by atoms with van der Waals surface area (Å²) in [4.78, 5) is 28.6. The zero-order valence-electron chi connectivity index (χ0n) is 20.2. The molecular formula is C26H25F3N4O4S. The molecule has 8 nitrogen and oxygen atoms in total. The number of amides is 1. The van der Waals surface area contributed by atoms with Gasteiger partial charge in [-0.1, -0.05) is 12.1 Å². The Morgan fingerprint density at radius 3 is 2.29 bits per heavy atom. The van der Waals surface area contributed by atoms with Crippen LogP contribution in [0.5, 0.6) is 0 Å². The molecule has 0 unspecified atom stereocenters. The van der Waals surface area contributed by atoms with E-state index < -0.39 is 26.8 Å². The lowest BCUT2D eigenvalue weighted by molar-refractivity contribution is -0.137. The molecule has 2 N–H and O–H groups in total. The van der Waals surface area contributed by atoms with Crippen LogP contribution in [0, 0.1) is 0 Å². The van der Waals surface area contributed by atoms with Gasteiger partial charge in [-0.2, -0.15) is 13.2 Å². The van der Waals surface area contributed by atoms with Crippen molar-refractivity contribution in [3.63, 3.8) is 0 Å². The topological polar surface area (TPSA) is 110 Å². The Labute approximate surface area is 216 Å². The SMILES string of the molecule is O=C1NCCn2c1cc(-c1ccc(S(=O)(=O)[C@H]3CC[C@H](Nc4ccc(C(F)(F)F)cn4)CC3)cc1)cc2=O. The van der Waals surface area contributed by atoms with Gasteiger partial charge in [0.25, 0.3) is 11.5 Å². The van der Waals surface area contributed by atoms with Crippen LogP contribution in [-0.2, 0) is 22.6 Å². The van der Waals surface area contributed by atoms with Crippen LogP contribution in [-0.4, -0.2) is 41.7 Å². The van der Waals surface area contributed by atoms with Gasteiger partial charge in [0.05, 0.1) is 15.7 Å². The molecule has 12 heteroatoms. The Hall–Kier alpha value is -3.67. The number of anilines is 1. The van der Waals surface area contributed by atoms with E-state index in [-0.39, 0.29) is 28.1 Å². The summed E-state index contributed by atoms with van der Waals surface area (Å²) in [5.41, 5.74) is 0.312. The Morgan fingerprint density at radius 1 is 0.947 bits per heavy atom. The highest BCUT2D eigenvalue weighted by Crippen LogP contribution is 2.32. The monoisotopic (exact) mass is 546 g/mol. The van der Waals surface area contributed by atoms with Crippen LogP contribution >= 0.6 is 0 Å². The molecule has 0 radical (unpaired) electrons. The van der Waals surface area contributed by atoms with Crippen molar-refractivity contribution in [3.8, 4) is 11.1 Å². The van der Waals surface area contributed by atoms with E-state index in [9.17, 15) is 31.2 Å². The number of rotatable bonds is 5. The predicted molar refractivity (Wildman–Crippen MR) is 135 cm³/mol. The minimum Gasteiger partial charge on any atom is -0.367 e. The summed E-state index contributed by atoms with van der Waals surface area (Å²) in [5, 5.41) is 5.22. The van der Waals surface area contributed by atoms with Crippen LogP contribution in [0.2, 0.25) is 0 Å². The Balaban J connectivity index is 1.24. The highest BCUT2D eigenvalue weighted by Gasteiger charge is 2.33. The van der Waals surface area contributed by atoms with Crippen LogP contribution in [0.1, 0.15) is 41.7 Å². The number of fused-ring (bicyclic) bond motifs is 1. The number of aromatic nitrogens is 2. The van der Waals surface area contributed by atoms with Crippen LogP contribution in [0.25, 0.3) is 11.1 Å². The van der Waals surface area contributed by atoms with Gasteiger partial charge in [-0.05, 0) is 67.1 Å². The number of carbonyl (C=O) groups is 1. The Bertz CT molecular complexity index is 1510. The number of benzene rings is 1. The number of halogens is 3. The lowest BCUT2D eigenvalue weighted by Crippen LogP contribution is -2.40. The lowest BCUT2D eigenvalue weighted by Gasteiger charge is -2.29. The van der Waals surface area contributed by atoms with E-state index in [1.807, 2.05) is 0 Å². The summed E-state index contributed by atoms with van der Waals surface area (Å²) in [6.07, 6.45) is -1.81. The van der Waals surface area contributed by atoms with Gasteiger partial charge in [0.15, 0.2) is 9.84 Å². The molecule has 200 valence electrons. The van der Waals surface area contributed by atoms with Gasteiger partial charge in [0.1, 0.15) is 11.5 Å². The van der Waals surface area contributed by atoms with Gasteiger partial charge >= 0.3 is 6.18 Å². The lowest BCUT2D eigenvalue weighted by atomic mass is 9.95. The van der Waals surface area contributed by atoms with Crippen LogP contribution in [0.4, 0.5) is 19.0 Å². The molecule has 1 amide bonds. The molecule has 3 aromatic rings. The zero-order valence-corrected chi connectivity index (χ0v) is 21.0. The summed E-state index contributed by atoms with van der Waals surface area (Å²) < 4.78 is 66.1. The highest BCUT2D eigenvalue weighted by molar-refractivity contribution is 7.92. The summed E-state index contributed by atoms with van der Waals surface area (Å²) in [7, 11) is -3.61. The van der Waals surface area contributed by atoms with E-state index in [2.05, 4.69) is 15.6 Å². The van der Waals surface area contributed by atoms with Crippen LogP contribution in [0.15, 0.2) is 64.4 Å². The maximum absolute atomic E-state index is 13.3. The van der Waals surface area contributed by atoms with Crippen LogP contribution < -0.4 is 16.2 Å². The fraction of sp³-hybridized carbons (Fsp3) is 0.346. The van der Waals surface area contributed by atoms with Crippen molar-refractivity contribution in [2.45, 2.75) is 54.6 Å². The number of nitrogens with zero attached hydrogens (tertiary/aromatic N) is 2. The third-order valence-corrected chi connectivity index (χ3v) is 9.33. The maximum Gasteiger partial charge on any atom is 0.417 e. The van der Waals surface area contributed by atoms with Gasteiger partial charge in [-0.15, -0.1) is 0 Å². The first-order chi connectivity index (χ1) is 18.0. The largest absolute Gasteiger partial charge is 0.417 e. The van der Waals surface area contributed by atoms with Crippen molar-refractivity contribution in [2.75, 3.05) is 11.9 Å². The molecule has 3 heterocycles. The van der Waals surface area contributed by atoms with E-state index in [1.54, 1.807) is 18.2 Å². The number of nitrogens with one attached hydrogen (secondary N) is 2. The molecule has 1 aliphatic carbocycles. The molecule has 1 fully saturated rings. The third-order valence-electron chi connectivity index (χ3n) is 7.05. The fourth-order valence-electron chi connectivity index (χ4n) is 4.96. The summed E-state index contributed by atoms with van der Waals surface area (Å²) >= 11 is 0. The van der Waals surface area contributed by atoms with E-state index in [4.69, 9.17) is 0 Å². The Morgan fingerprint density at radius 2 is 1.66 bits per heavy atom. The summed E-state index contributed by atoms with van der Waals surface area (Å²) in [6, 6.07) is 11.5. The van der Waals surface area contributed by atoms with E-state index in [1.165, 1.54) is 28.8 Å². The maximum atomic E-state index is 13.3. The molecule has 1 aromatic carbocycles. The van der Waals surface area contributed by atoms with Crippen molar-refractivity contribution in [3.05, 3.63) is 76.3 Å². The first-order valence-corrected chi connectivity index (χ1v) is 13.7. The van der Waals surface area contributed by atoms with Crippen molar-refractivity contribution < 1.29 is 26.4 Å². The third kappa shape index (κ3) is 5.17. The molecule has 2 aromatic heterocycles. The smallest absolute Gasteiger partial charge is 0.367 e. The second-order valence-electron chi connectivity index (χ2n) is 9.49. The first-order valence-electron chi connectivity index (χ1n) is 12.2. The molecule has 1 saturated carbocycles. The average molecular weight is 547 g/mol. The highest BCUT2D eigenvalue weighted by atomic mass is 32.2. The second-order valence-corrected chi connectivity index (χ2v) is 11.7. The summed E-state index contributed by atoms with van der Waals surface area (Å²) in [6.45, 7) is 0.789. The minimum absolute atomic E-state index is 0.0894. The van der Waals surface area contributed by atoms with E-state index in [0.29, 0.717) is 55.7 Å². The Kier molecular flexibility index (Phi) is 6.76. The standard InChI is InChI=1S/C26H25F3N4O4S/c27-26(28,29)18-3-10-23(31-15-18)32-19-4-8-21(9-5-19)38(36,37)20-6-1-16(2-7-20)17-13-22-25(35)30-11-12-33(22)24(34)14-17/h1-3,6-7,10,13-15,19,21H,4-5,8-9,11-12H2,(H,30,35)(H,31,32)/t19-,21-. The number of pyridine rings is 2. The molecule has 38 heavy (non-hydrogen) atoms. The number of carbonyl (C=O) groups excluding carboxylic acids is 1. The summed E-state index contributed by atoms with van der Waals surface area (Å²) in [5.74, 6) is -0.00668. The zero-order chi connectivity index (χ0) is 27.1. The van der Waals surface area contributed by atoms with Crippen molar-refractivity contribution in [2.24, 2.45) is 0 Å². The van der Waals surface area contributed by atoms with Crippen molar-refractivity contribution in [1.82, 2.24) is 14.9 Å². The van der Waals surface area contributed by atoms with Gasteiger partial charge in [-0.3, -0.25) is 9.59 Å². The van der Waals surface area contributed by atoms with Crippen LogP contribution in [0.3, 0.4) is 0 Å². The van der Waals surface area contributed by atoms with Crippen molar-refractivity contribution in [1.29, 1.82) is 0 Å². The molecular weight excluding hydrogens is 521 g/mol. The van der Waals surface area contributed by atoms with Gasteiger partial charge in [-0.25, -0.2) is 13.4 Å². The number of sulfone groups is 1. The molecule has 5 rings (SSSR count). The number of hydrogen-bond acceptors (Lipinski definition) is 6. The molecule has 0 saturated heterocycles. The molecule has 2 aliphatic rings. The molecule has 0 spiro atoms.